The largest absolute Gasteiger partial charge is 0.328 e. The SMILES string of the molecule is N#Cc1ccc(C(=O)Cn2ccc(=O)[nH]c2=O)cc1. The minimum Gasteiger partial charge on any atom is -0.293 e. The minimum atomic E-state index is -0.630. The first-order valence-electron chi connectivity index (χ1n) is 5.43. The first-order chi connectivity index (χ1) is 9.10. The number of benzene rings is 1. The summed E-state index contributed by atoms with van der Waals surface area (Å²) in [6.45, 7) is -0.165. The Morgan fingerprint density at radius 3 is 2.47 bits per heavy atom. The normalized spacial score (nSPS) is 9.84. The van der Waals surface area contributed by atoms with Gasteiger partial charge in [0.1, 0.15) is 0 Å². The summed E-state index contributed by atoms with van der Waals surface area (Å²) in [5, 5.41) is 8.65. The van der Waals surface area contributed by atoms with E-state index in [1.165, 1.54) is 36.5 Å². The van der Waals surface area contributed by atoms with Crippen molar-refractivity contribution in [3.05, 3.63) is 68.5 Å². The highest BCUT2D eigenvalue weighted by Gasteiger charge is 2.08. The van der Waals surface area contributed by atoms with Crippen LogP contribution in [0, 0.1) is 11.3 Å². The lowest BCUT2D eigenvalue weighted by molar-refractivity contribution is 0.0970. The fourth-order valence-electron chi connectivity index (χ4n) is 1.55. The van der Waals surface area contributed by atoms with E-state index in [-0.39, 0.29) is 12.3 Å². The Kier molecular flexibility index (Phi) is 3.39. The van der Waals surface area contributed by atoms with Crippen LogP contribution in [0.1, 0.15) is 15.9 Å². The van der Waals surface area contributed by atoms with E-state index in [4.69, 9.17) is 5.26 Å². The topological polar surface area (TPSA) is 95.7 Å². The van der Waals surface area contributed by atoms with Crippen LogP contribution < -0.4 is 11.2 Å². The molecule has 2 aromatic rings. The molecule has 0 aliphatic heterocycles. The Balaban J connectivity index is 2.23. The molecular weight excluding hydrogens is 246 g/mol. The van der Waals surface area contributed by atoms with Gasteiger partial charge in [0.15, 0.2) is 5.78 Å². The molecule has 0 spiro atoms. The van der Waals surface area contributed by atoms with Crippen LogP contribution in [-0.4, -0.2) is 15.3 Å². The van der Waals surface area contributed by atoms with Gasteiger partial charge in [-0.15, -0.1) is 0 Å². The fraction of sp³-hybridized carbons (Fsp3) is 0.0769. The predicted molar refractivity (Wildman–Crippen MR) is 66.8 cm³/mol. The molecule has 0 unspecified atom stereocenters. The lowest BCUT2D eigenvalue weighted by atomic mass is 10.1. The summed E-state index contributed by atoms with van der Waals surface area (Å²) >= 11 is 0. The lowest BCUT2D eigenvalue weighted by Crippen LogP contribution is -2.30. The molecule has 0 bridgehead atoms. The Morgan fingerprint density at radius 1 is 1.21 bits per heavy atom. The number of Topliss-reactive ketones (excluding diaryl/α,β-unsaturated/α-hetero) is 1. The Hall–Kier alpha value is -2.94. The van der Waals surface area contributed by atoms with Gasteiger partial charge in [0, 0.05) is 17.8 Å². The summed E-state index contributed by atoms with van der Waals surface area (Å²) in [4.78, 5) is 36.3. The molecule has 2 rings (SSSR count). The van der Waals surface area contributed by atoms with E-state index in [1.807, 2.05) is 6.07 Å². The van der Waals surface area contributed by atoms with Gasteiger partial charge in [-0.1, -0.05) is 12.1 Å². The molecule has 1 aromatic heterocycles. The van der Waals surface area contributed by atoms with Gasteiger partial charge >= 0.3 is 5.69 Å². The molecule has 19 heavy (non-hydrogen) atoms. The van der Waals surface area contributed by atoms with Crippen LogP contribution in [0.3, 0.4) is 0 Å². The summed E-state index contributed by atoms with van der Waals surface area (Å²) in [6, 6.07) is 9.24. The third kappa shape index (κ3) is 2.84. The second kappa shape index (κ2) is 5.14. The Morgan fingerprint density at radius 2 is 1.89 bits per heavy atom. The summed E-state index contributed by atoms with van der Waals surface area (Å²) in [7, 11) is 0. The monoisotopic (exact) mass is 255 g/mol. The number of carbonyl (C=O) groups is 1. The van der Waals surface area contributed by atoms with E-state index < -0.39 is 11.2 Å². The fourth-order valence-corrected chi connectivity index (χ4v) is 1.55. The van der Waals surface area contributed by atoms with Crippen LogP contribution in [0.2, 0.25) is 0 Å². The maximum absolute atomic E-state index is 11.9. The summed E-state index contributed by atoms with van der Waals surface area (Å²) in [5.41, 5.74) is -0.281. The molecule has 0 radical (unpaired) electrons. The maximum atomic E-state index is 11.9. The first-order valence-corrected chi connectivity index (χ1v) is 5.43. The number of nitrogens with zero attached hydrogens (tertiary/aromatic N) is 2. The van der Waals surface area contributed by atoms with Crippen LogP contribution >= 0.6 is 0 Å². The zero-order chi connectivity index (χ0) is 13.8. The molecular formula is C13H9N3O3. The van der Waals surface area contributed by atoms with Gasteiger partial charge in [-0.05, 0) is 12.1 Å². The molecule has 1 heterocycles. The van der Waals surface area contributed by atoms with E-state index in [0.29, 0.717) is 11.1 Å². The van der Waals surface area contributed by atoms with Crippen molar-refractivity contribution in [3.63, 3.8) is 0 Å². The molecule has 0 amide bonds. The number of ketones is 1. The quantitative estimate of drug-likeness (QED) is 0.797. The second-order valence-electron chi connectivity index (χ2n) is 3.85. The zero-order valence-electron chi connectivity index (χ0n) is 9.79. The molecule has 1 N–H and O–H groups in total. The summed E-state index contributed by atoms with van der Waals surface area (Å²) in [5.74, 6) is -0.279. The van der Waals surface area contributed by atoms with E-state index >= 15 is 0 Å². The van der Waals surface area contributed by atoms with Gasteiger partial charge in [0.25, 0.3) is 5.56 Å². The van der Waals surface area contributed by atoms with Crippen molar-refractivity contribution >= 4 is 5.78 Å². The van der Waals surface area contributed by atoms with Crippen LogP contribution in [-0.2, 0) is 6.54 Å². The van der Waals surface area contributed by atoms with Gasteiger partial charge in [-0.3, -0.25) is 19.1 Å². The number of H-pyrrole nitrogens is 1. The minimum absolute atomic E-state index is 0.165. The van der Waals surface area contributed by atoms with Gasteiger partial charge in [-0.2, -0.15) is 5.26 Å². The number of carbonyl (C=O) groups excluding carboxylic acids is 1. The highest BCUT2D eigenvalue weighted by atomic mass is 16.2. The molecule has 6 nitrogen and oxygen atoms in total. The number of nitrogens with one attached hydrogen (secondary N) is 1. The average Bonchev–Trinajstić information content (AvgIpc) is 2.42. The van der Waals surface area contributed by atoms with Gasteiger partial charge in [-0.25, -0.2) is 4.79 Å². The van der Waals surface area contributed by atoms with Crippen LogP contribution in [0.4, 0.5) is 0 Å². The smallest absolute Gasteiger partial charge is 0.293 e. The van der Waals surface area contributed by atoms with Crippen molar-refractivity contribution in [2.24, 2.45) is 0 Å². The van der Waals surface area contributed by atoms with Crippen LogP contribution in [0.5, 0.6) is 0 Å². The molecule has 6 heteroatoms. The number of hydrogen-bond acceptors (Lipinski definition) is 4. The number of nitriles is 1. The van der Waals surface area contributed by atoms with Crippen molar-refractivity contribution in [3.8, 4) is 6.07 Å². The van der Waals surface area contributed by atoms with E-state index in [9.17, 15) is 14.4 Å². The predicted octanol–water partition coefficient (Wildman–Crippen LogP) is 0.291. The molecule has 0 saturated heterocycles. The molecule has 0 fully saturated rings. The number of aromatic nitrogens is 2. The van der Waals surface area contributed by atoms with E-state index in [2.05, 4.69) is 4.98 Å². The van der Waals surface area contributed by atoms with Gasteiger partial charge in [0.2, 0.25) is 0 Å². The Labute approximate surface area is 107 Å². The summed E-state index contributed by atoms with van der Waals surface area (Å²) < 4.78 is 1.11. The van der Waals surface area contributed by atoms with Gasteiger partial charge < -0.3 is 0 Å². The van der Waals surface area contributed by atoms with E-state index in [1.54, 1.807) is 0 Å². The van der Waals surface area contributed by atoms with Gasteiger partial charge in [0.05, 0.1) is 18.2 Å². The van der Waals surface area contributed by atoms with Crippen LogP contribution in [0.15, 0.2) is 46.1 Å². The standard InChI is InChI=1S/C13H9N3O3/c14-7-9-1-3-10(4-2-9)11(17)8-16-6-5-12(18)15-13(16)19/h1-6H,8H2,(H,15,18,19). The summed E-state index contributed by atoms with van der Waals surface area (Å²) in [6.07, 6.45) is 1.27. The van der Waals surface area contributed by atoms with Crippen molar-refractivity contribution in [2.75, 3.05) is 0 Å². The lowest BCUT2D eigenvalue weighted by Gasteiger charge is -2.03. The Bertz CT molecular complexity index is 763. The van der Waals surface area contributed by atoms with Crippen molar-refractivity contribution in [1.82, 2.24) is 9.55 Å². The van der Waals surface area contributed by atoms with Crippen molar-refractivity contribution < 1.29 is 4.79 Å². The number of aromatic amines is 1. The number of rotatable bonds is 3. The molecule has 0 atom stereocenters. The third-order valence-electron chi connectivity index (χ3n) is 2.55. The highest BCUT2D eigenvalue weighted by Crippen LogP contribution is 2.05. The first kappa shape index (κ1) is 12.5. The third-order valence-corrected chi connectivity index (χ3v) is 2.55. The molecule has 0 aliphatic rings. The van der Waals surface area contributed by atoms with Crippen LogP contribution in [0.25, 0.3) is 0 Å². The molecule has 94 valence electrons. The molecule has 0 saturated carbocycles. The van der Waals surface area contributed by atoms with Crippen molar-refractivity contribution in [1.29, 1.82) is 5.26 Å². The van der Waals surface area contributed by atoms with E-state index in [0.717, 1.165) is 4.57 Å². The second-order valence-corrected chi connectivity index (χ2v) is 3.85. The molecule has 1 aromatic carbocycles. The molecule has 0 aliphatic carbocycles. The average molecular weight is 255 g/mol. The maximum Gasteiger partial charge on any atom is 0.328 e. The number of hydrogen-bond donors (Lipinski definition) is 1. The van der Waals surface area contributed by atoms with Crippen molar-refractivity contribution in [2.45, 2.75) is 6.54 Å². The zero-order valence-corrected chi connectivity index (χ0v) is 9.79. The highest BCUT2D eigenvalue weighted by molar-refractivity contribution is 5.95.